The molecule has 0 saturated heterocycles. The van der Waals surface area contributed by atoms with Crippen LogP contribution in [0.1, 0.15) is 18.3 Å². The lowest BCUT2D eigenvalue weighted by Crippen LogP contribution is -2.09. The van der Waals surface area contributed by atoms with Gasteiger partial charge in [0.15, 0.2) is 0 Å². The number of nitrogens with one attached hydrogen (secondary N) is 1. The van der Waals surface area contributed by atoms with Crippen molar-refractivity contribution in [2.45, 2.75) is 19.9 Å². The van der Waals surface area contributed by atoms with E-state index in [4.69, 9.17) is 5.73 Å². The van der Waals surface area contributed by atoms with E-state index in [1.165, 1.54) is 0 Å². The first kappa shape index (κ1) is 8.01. The molecule has 0 radical (unpaired) electrons. The third-order valence-corrected chi connectivity index (χ3v) is 1.30. The van der Waals surface area contributed by atoms with Crippen LogP contribution in [0.3, 0.4) is 0 Å². The first-order valence-corrected chi connectivity index (χ1v) is 3.64. The summed E-state index contributed by atoms with van der Waals surface area (Å²) in [5.41, 5.74) is 7.52. The van der Waals surface area contributed by atoms with E-state index in [0.29, 0.717) is 0 Å². The minimum atomic E-state index is 0.0898. The molecule has 3 nitrogen and oxygen atoms in total. The van der Waals surface area contributed by atoms with Crippen LogP contribution in [-0.2, 0) is 0 Å². The molecule has 0 amide bonds. The van der Waals surface area contributed by atoms with E-state index >= 15 is 0 Å². The summed E-state index contributed by atoms with van der Waals surface area (Å²) in [5.74, 6) is 0. The Morgan fingerprint density at radius 3 is 2.91 bits per heavy atom. The van der Waals surface area contributed by atoms with Crippen molar-refractivity contribution in [3.63, 3.8) is 0 Å². The van der Waals surface area contributed by atoms with Crippen LogP contribution in [0.15, 0.2) is 12.1 Å². The van der Waals surface area contributed by atoms with Crippen LogP contribution in [0.25, 0.3) is 6.08 Å². The number of aryl methyl sites for hydroxylation is 1. The van der Waals surface area contributed by atoms with Crippen LogP contribution in [0.4, 0.5) is 0 Å². The monoisotopic (exact) mass is 151 g/mol. The number of rotatable bonds is 2. The predicted octanol–water partition coefficient (Wildman–Crippen LogP) is 1.08. The van der Waals surface area contributed by atoms with Crippen LogP contribution >= 0.6 is 0 Å². The van der Waals surface area contributed by atoms with E-state index in [9.17, 15) is 0 Å². The number of nitrogens with two attached hydrogens (primary N) is 1. The number of H-pyrrole nitrogens is 1. The van der Waals surface area contributed by atoms with Gasteiger partial charge in [-0.05, 0) is 26.0 Å². The minimum absolute atomic E-state index is 0.0898. The van der Waals surface area contributed by atoms with E-state index in [-0.39, 0.29) is 6.04 Å². The molecular formula is C8H13N3. The highest BCUT2D eigenvalue weighted by Gasteiger charge is 1.91. The predicted molar refractivity (Wildman–Crippen MR) is 46.0 cm³/mol. The van der Waals surface area contributed by atoms with Gasteiger partial charge < -0.3 is 5.73 Å². The summed E-state index contributed by atoms with van der Waals surface area (Å²) in [7, 11) is 0. The van der Waals surface area contributed by atoms with Crippen molar-refractivity contribution >= 4 is 6.08 Å². The Morgan fingerprint density at radius 2 is 2.45 bits per heavy atom. The number of aromatic nitrogens is 2. The van der Waals surface area contributed by atoms with Gasteiger partial charge in [-0.25, -0.2) is 0 Å². The van der Waals surface area contributed by atoms with Gasteiger partial charge in [-0.15, -0.1) is 0 Å². The summed E-state index contributed by atoms with van der Waals surface area (Å²) in [6.45, 7) is 3.90. The molecule has 0 aliphatic heterocycles. The molecule has 0 spiro atoms. The molecule has 3 heteroatoms. The largest absolute Gasteiger partial charge is 0.325 e. The summed E-state index contributed by atoms with van der Waals surface area (Å²) in [6.07, 6.45) is 3.82. The molecular weight excluding hydrogens is 138 g/mol. The highest BCUT2D eigenvalue weighted by atomic mass is 15.1. The van der Waals surface area contributed by atoms with Crippen LogP contribution in [-0.4, -0.2) is 16.2 Å². The van der Waals surface area contributed by atoms with Gasteiger partial charge in [0.1, 0.15) is 0 Å². The lowest BCUT2D eigenvalue weighted by Gasteiger charge is -1.90. The molecule has 0 saturated carbocycles. The van der Waals surface area contributed by atoms with Gasteiger partial charge in [-0.1, -0.05) is 6.08 Å². The lowest BCUT2D eigenvalue weighted by molar-refractivity contribution is 0.929. The van der Waals surface area contributed by atoms with Gasteiger partial charge in [0.05, 0.1) is 5.69 Å². The highest BCUT2D eigenvalue weighted by molar-refractivity contribution is 5.45. The van der Waals surface area contributed by atoms with Crippen molar-refractivity contribution < 1.29 is 0 Å². The Bertz CT molecular complexity index is 248. The maximum atomic E-state index is 5.52. The molecule has 1 rings (SSSR count). The van der Waals surface area contributed by atoms with Crippen LogP contribution in [0.5, 0.6) is 0 Å². The summed E-state index contributed by atoms with van der Waals surface area (Å²) in [5, 5.41) is 6.87. The molecule has 1 aromatic heterocycles. The third-order valence-electron chi connectivity index (χ3n) is 1.30. The Morgan fingerprint density at radius 1 is 1.73 bits per heavy atom. The molecule has 0 fully saturated rings. The van der Waals surface area contributed by atoms with Crippen molar-refractivity contribution in [2.24, 2.45) is 5.73 Å². The fourth-order valence-corrected chi connectivity index (χ4v) is 0.775. The van der Waals surface area contributed by atoms with Crippen molar-refractivity contribution in [3.05, 3.63) is 23.5 Å². The first-order chi connectivity index (χ1) is 5.18. The smallest absolute Gasteiger partial charge is 0.0848 e. The molecule has 1 unspecified atom stereocenters. The van der Waals surface area contributed by atoms with Crippen LogP contribution < -0.4 is 5.73 Å². The Kier molecular flexibility index (Phi) is 2.44. The zero-order chi connectivity index (χ0) is 8.27. The molecule has 0 aliphatic carbocycles. The number of hydrogen-bond donors (Lipinski definition) is 2. The van der Waals surface area contributed by atoms with Crippen LogP contribution in [0, 0.1) is 6.92 Å². The fourth-order valence-electron chi connectivity index (χ4n) is 0.775. The van der Waals surface area contributed by atoms with Gasteiger partial charge in [-0.2, -0.15) is 5.10 Å². The van der Waals surface area contributed by atoms with Gasteiger partial charge >= 0.3 is 0 Å². The van der Waals surface area contributed by atoms with Gasteiger partial charge in [0.2, 0.25) is 0 Å². The number of nitrogens with zero attached hydrogens (tertiary/aromatic N) is 1. The molecule has 0 aromatic carbocycles. The van der Waals surface area contributed by atoms with Crippen molar-refractivity contribution in [1.82, 2.24) is 10.2 Å². The maximum absolute atomic E-state index is 5.52. The summed E-state index contributed by atoms with van der Waals surface area (Å²) < 4.78 is 0. The molecule has 1 aromatic rings. The average molecular weight is 151 g/mol. The molecule has 1 atom stereocenters. The van der Waals surface area contributed by atoms with E-state index in [0.717, 1.165) is 11.4 Å². The Hall–Kier alpha value is -1.09. The quantitative estimate of drug-likeness (QED) is 0.664. The molecule has 0 bridgehead atoms. The Labute approximate surface area is 66.3 Å². The van der Waals surface area contributed by atoms with E-state index in [1.54, 1.807) is 0 Å². The van der Waals surface area contributed by atoms with E-state index in [2.05, 4.69) is 10.2 Å². The Balaban J connectivity index is 2.64. The second-order valence-electron chi connectivity index (χ2n) is 2.69. The minimum Gasteiger partial charge on any atom is -0.325 e. The van der Waals surface area contributed by atoms with Crippen molar-refractivity contribution in [1.29, 1.82) is 0 Å². The standard InChI is InChI=1S/C8H13N3/c1-6(9)3-4-8-5-7(2)10-11-8/h3-6H,9H2,1-2H3,(H,10,11)/b4-3+. The first-order valence-electron chi connectivity index (χ1n) is 3.64. The number of hydrogen-bond acceptors (Lipinski definition) is 2. The third kappa shape index (κ3) is 2.55. The molecule has 60 valence electrons. The second-order valence-corrected chi connectivity index (χ2v) is 2.69. The molecule has 1 heterocycles. The van der Waals surface area contributed by atoms with Gasteiger partial charge in [0.25, 0.3) is 0 Å². The van der Waals surface area contributed by atoms with Crippen LogP contribution in [0.2, 0.25) is 0 Å². The lowest BCUT2D eigenvalue weighted by atomic mass is 10.3. The van der Waals surface area contributed by atoms with Gasteiger partial charge in [-0.3, -0.25) is 5.10 Å². The maximum Gasteiger partial charge on any atom is 0.0848 e. The van der Waals surface area contributed by atoms with E-state index < -0.39 is 0 Å². The number of aromatic amines is 1. The highest BCUT2D eigenvalue weighted by Crippen LogP contribution is 1.99. The zero-order valence-corrected chi connectivity index (χ0v) is 6.83. The fraction of sp³-hybridized carbons (Fsp3) is 0.375. The molecule has 3 N–H and O–H groups in total. The normalized spacial score (nSPS) is 14.1. The van der Waals surface area contributed by atoms with Gasteiger partial charge in [0, 0.05) is 11.7 Å². The second kappa shape index (κ2) is 3.34. The van der Waals surface area contributed by atoms with Crippen molar-refractivity contribution in [3.8, 4) is 0 Å². The topological polar surface area (TPSA) is 54.7 Å². The average Bonchev–Trinajstić information content (AvgIpc) is 2.31. The molecule has 11 heavy (non-hydrogen) atoms. The summed E-state index contributed by atoms with van der Waals surface area (Å²) in [4.78, 5) is 0. The summed E-state index contributed by atoms with van der Waals surface area (Å²) >= 11 is 0. The van der Waals surface area contributed by atoms with E-state index in [1.807, 2.05) is 32.1 Å². The zero-order valence-electron chi connectivity index (χ0n) is 6.83. The summed E-state index contributed by atoms with van der Waals surface area (Å²) in [6, 6.07) is 2.06. The SMILES string of the molecule is Cc1cc(/C=C/C(C)N)n[nH]1. The van der Waals surface area contributed by atoms with Crippen molar-refractivity contribution in [2.75, 3.05) is 0 Å². The molecule has 0 aliphatic rings.